The smallest absolute Gasteiger partial charge is 0.269 e. The lowest BCUT2D eigenvalue weighted by Crippen LogP contribution is -2.14. The molecule has 0 radical (unpaired) electrons. The number of thiazole rings is 1. The minimum atomic E-state index is -0.245. The van der Waals surface area contributed by atoms with Crippen LogP contribution < -0.4 is 11.1 Å². The molecule has 3 N–H and O–H groups in total. The standard InChI is InChI=1S/C14H17N3O2S2/c1-9-4-3-5-10(8-9)16-13(18)11-12(15)17(6-7-19-2)14(20)21-11/h3-5,8H,6-7,15H2,1-2H3,(H,16,18). The lowest BCUT2D eigenvalue weighted by atomic mass is 10.2. The van der Waals surface area contributed by atoms with Gasteiger partial charge in [0.05, 0.1) is 6.61 Å². The number of nitrogens with zero attached hydrogens (tertiary/aromatic N) is 1. The molecule has 1 aromatic heterocycles. The van der Waals surface area contributed by atoms with E-state index < -0.39 is 0 Å². The Bertz CT molecular complexity index is 706. The van der Waals surface area contributed by atoms with Gasteiger partial charge < -0.3 is 20.4 Å². The maximum absolute atomic E-state index is 12.3. The zero-order chi connectivity index (χ0) is 15.4. The maximum Gasteiger partial charge on any atom is 0.269 e. The summed E-state index contributed by atoms with van der Waals surface area (Å²) in [6.07, 6.45) is 0. The first-order valence-corrected chi connectivity index (χ1v) is 7.61. The molecule has 112 valence electrons. The highest BCUT2D eigenvalue weighted by Gasteiger charge is 2.17. The van der Waals surface area contributed by atoms with Crippen molar-refractivity contribution in [2.75, 3.05) is 24.8 Å². The fraction of sp³-hybridized carbons (Fsp3) is 0.286. The number of anilines is 2. The molecular formula is C14H17N3O2S2. The molecule has 0 aliphatic carbocycles. The predicted molar refractivity (Wildman–Crippen MR) is 88.6 cm³/mol. The van der Waals surface area contributed by atoms with E-state index in [0.717, 1.165) is 11.3 Å². The second-order valence-electron chi connectivity index (χ2n) is 4.55. The zero-order valence-corrected chi connectivity index (χ0v) is 13.5. The average molecular weight is 323 g/mol. The van der Waals surface area contributed by atoms with Crippen LogP contribution in [0.3, 0.4) is 0 Å². The van der Waals surface area contributed by atoms with Gasteiger partial charge in [0.15, 0.2) is 3.95 Å². The summed E-state index contributed by atoms with van der Waals surface area (Å²) in [6, 6.07) is 7.59. The van der Waals surface area contributed by atoms with Crippen LogP contribution in [0, 0.1) is 10.9 Å². The summed E-state index contributed by atoms with van der Waals surface area (Å²) < 4.78 is 7.30. The predicted octanol–water partition coefficient (Wildman–Crippen LogP) is 3.07. The number of methoxy groups -OCH3 is 1. The molecule has 7 heteroatoms. The van der Waals surface area contributed by atoms with Crippen molar-refractivity contribution in [3.05, 3.63) is 38.7 Å². The molecule has 0 saturated carbocycles. The molecule has 0 saturated heterocycles. The fourth-order valence-corrected chi connectivity index (χ4v) is 3.16. The van der Waals surface area contributed by atoms with Crippen molar-refractivity contribution in [2.24, 2.45) is 0 Å². The largest absolute Gasteiger partial charge is 0.384 e. The third kappa shape index (κ3) is 3.69. The Morgan fingerprint density at radius 3 is 2.95 bits per heavy atom. The molecule has 1 heterocycles. The van der Waals surface area contributed by atoms with Crippen molar-refractivity contribution in [1.29, 1.82) is 0 Å². The first-order chi connectivity index (χ1) is 10.0. The highest BCUT2D eigenvalue weighted by molar-refractivity contribution is 7.73. The van der Waals surface area contributed by atoms with E-state index in [-0.39, 0.29) is 5.91 Å². The van der Waals surface area contributed by atoms with Crippen LogP contribution in [-0.2, 0) is 11.3 Å². The molecule has 0 aliphatic heterocycles. The second-order valence-corrected chi connectivity index (χ2v) is 6.19. The van der Waals surface area contributed by atoms with Crippen LogP contribution in [0.5, 0.6) is 0 Å². The van der Waals surface area contributed by atoms with E-state index >= 15 is 0 Å². The van der Waals surface area contributed by atoms with Crippen molar-refractivity contribution >= 4 is 41.0 Å². The Morgan fingerprint density at radius 1 is 1.52 bits per heavy atom. The Kier molecular flexibility index (Phi) is 5.11. The first-order valence-electron chi connectivity index (χ1n) is 6.39. The summed E-state index contributed by atoms with van der Waals surface area (Å²) in [5.41, 5.74) is 7.83. The van der Waals surface area contributed by atoms with Gasteiger partial charge in [-0.3, -0.25) is 4.79 Å². The van der Waals surface area contributed by atoms with E-state index in [9.17, 15) is 4.79 Å². The van der Waals surface area contributed by atoms with Gasteiger partial charge in [0, 0.05) is 19.3 Å². The number of aromatic nitrogens is 1. The average Bonchev–Trinajstić information content (AvgIpc) is 2.72. The molecule has 0 aliphatic rings. The lowest BCUT2D eigenvalue weighted by molar-refractivity contribution is 0.103. The third-order valence-electron chi connectivity index (χ3n) is 2.93. The first kappa shape index (κ1) is 15.7. The number of hydrogen-bond donors (Lipinski definition) is 2. The SMILES string of the molecule is COCCn1c(N)c(C(=O)Nc2cccc(C)c2)sc1=S. The number of rotatable bonds is 5. The van der Waals surface area contributed by atoms with Gasteiger partial charge in [0.1, 0.15) is 10.7 Å². The number of nitrogens with one attached hydrogen (secondary N) is 1. The molecule has 5 nitrogen and oxygen atoms in total. The summed E-state index contributed by atoms with van der Waals surface area (Å²) in [5, 5.41) is 2.84. The van der Waals surface area contributed by atoms with E-state index in [1.54, 1.807) is 11.7 Å². The molecule has 0 spiro atoms. The second kappa shape index (κ2) is 6.84. The molecule has 2 rings (SSSR count). The van der Waals surface area contributed by atoms with Gasteiger partial charge >= 0.3 is 0 Å². The quantitative estimate of drug-likeness (QED) is 0.830. The molecule has 21 heavy (non-hydrogen) atoms. The van der Waals surface area contributed by atoms with Crippen molar-refractivity contribution in [1.82, 2.24) is 4.57 Å². The maximum atomic E-state index is 12.3. The van der Waals surface area contributed by atoms with Crippen LogP contribution in [-0.4, -0.2) is 24.2 Å². The van der Waals surface area contributed by atoms with Crippen molar-refractivity contribution in [2.45, 2.75) is 13.5 Å². The number of amides is 1. The normalized spacial score (nSPS) is 10.6. The number of aryl methyl sites for hydroxylation is 1. The molecule has 1 amide bonds. The van der Waals surface area contributed by atoms with Gasteiger partial charge in [-0.05, 0) is 36.8 Å². The van der Waals surface area contributed by atoms with Crippen LogP contribution in [0.1, 0.15) is 15.2 Å². The van der Waals surface area contributed by atoms with Gasteiger partial charge in [-0.2, -0.15) is 0 Å². The molecule has 0 atom stereocenters. The van der Waals surface area contributed by atoms with Gasteiger partial charge in [0.25, 0.3) is 5.91 Å². The molecule has 0 bridgehead atoms. The number of nitrogen functional groups attached to an aromatic ring is 1. The fourth-order valence-electron chi connectivity index (χ4n) is 1.88. The number of carbonyl (C=O) groups is 1. The van der Waals surface area contributed by atoms with Crippen LogP contribution in [0.15, 0.2) is 24.3 Å². The van der Waals surface area contributed by atoms with E-state index in [4.69, 9.17) is 22.7 Å². The highest BCUT2D eigenvalue weighted by Crippen LogP contribution is 2.23. The molecule has 0 fully saturated rings. The van der Waals surface area contributed by atoms with Crippen molar-refractivity contribution in [3.63, 3.8) is 0 Å². The van der Waals surface area contributed by atoms with Gasteiger partial charge in [-0.15, -0.1) is 0 Å². The van der Waals surface area contributed by atoms with Crippen LogP contribution in [0.25, 0.3) is 0 Å². The van der Waals surface area contributed by atoms with E-state index in [0.29, 0.717) is 27.8 Å². The minimum absolute atomic E-state index is 0.245. The number of benzene rings is 1. The summed E-state index contributed by atoms with van der Waals surface area (Å²) in [7, 11) is 1.61. The van der Waals surface area contributed by atoms with Crippen LogP contribution in [0.2, 0.25) is 0 Å². The van der Waals surface area contributed by atoms with Crippen molar-refractivity contribution in [3.8, 4) is 0 Å². The van der Waals surface area contributed by atoms with E-state index in [2.05, 4.69) is 5.32 Å². The minimum Gasteiger partial charge on any atom is -0.384 e. The number of ether oxygens (including phenoxy) is 1. The van der Waals surface area contributed by atoms with E-state index in [1.165, 1.54) is 11.3 Å². The number of nitrogens with two attached hydrogens (primary N) is 1. The zero-order valence-electron chi connectivity index (χ0n) is 11.9. The summed E-state index contributed by atoms with van der Waals surface area (Å²) in [4.78, 5) is 12.7. The molecule has 0 unspecified atom stereocenters. The van der Waals surface area contributed by atoms with Crippen molar-refractivity contribution < 1.29 is 9.53 Å². The highest BCUT2D eigenvalue weighted by atomic mass is 32.1. The Balaban J connectivity index is 2.22. The van der Waals surface area contributed by atoms with Crippen LogP contribution >= 0.6 is 23.6 Å². The Morgan fingerprint density at radius 2 is 2.29 bits per heavy atom. The number of carbonyl (C=O) groups excluding carboxylic acids is 1. The summed E-state index contributed by atoms with van der Waals surface area (Å²) in [6.45, 7) is 3.00. The molecule has 2 aromatic rings. The van der Waals surface area contributed by atoms with Gasteiger partial charge in [-0.25, -0.2) is 0 Å². The lowest BCUT2D eigenvalue weighted by Gasteiger charge is -2.07. The van der Waals surface area contributed by atoms with Gasteiger partial charge in [0.2, 0.25) is 0 Å². The third-order valence-corrected chi connectivity index (χ3v) is 4.40. The molecule has 1 aromatic carbocycles. The Hall–Kier alpha value is -1.70. The van der Waals surface area contributed by atoms with Gasteiger partial charge in [-0.1, -0.05) is 23.5 Å². The molecular weight excluding hydrogens is 306 g/mol. The van der Waals surface area contributed by atoms with E-state index in [1.807, 2.05) is 31.2 Å². The number of hydrogen-bond acceptors (Lipinski definition) is 5. The monoisotopic (exact) mass is 323 g/mol. The summed E-state index contributed by atoms with van der Waals surface area (Å²) >= 11 is 6.45. The summed E-state index contributed by atoms with van der Waals surface area (Å²) in [5.74, 6) is 0.137. The topological polar surface area (TPSA) is 69.3 Å². The Labute approximate surface area is 132 Å². The van der Waals surface area contributed by atoms with Crippen LogP contribution in [0.4, 0.5) is 11.5 Å².